The molecule has 6 heteroatoms. The zero-order chi connectivity index (χ0) is 23.3. The first-order valence-corrected chi connectivity index (χ1v) is 11.0. The molecule has 0 spiro atoms. The van der Waals surface area contributed by atoms with E-state index in [2.05, 4.69) is 45.0 Å². The van der Waals surface area contributed by atoms with E-state index in [0.717, 1.165) is 45.6 Å². The number of nitrogens with zero attached hydrogens (tertiary/aromatic N) is 1. The average Bonchev–Trinajstić information content (AvgIpc) is 2.78. The smallest absolute Gasteiger partial charge is 0.338 e. The molecular formula is C28H34Cl2N2O2. The number of carbonyl (C=O) groups excluding carboxylic acids is 1. The number of methoxy groups -OCH3 is 1. The summed E-state index contributed by atoms with van der Waals surface area (Å²) < 4.78 is 4.94. The number of pyridine rings is 1. The first-order valence-electron chi connectivity index (χ1n) is 11.0. The molecular weight excluding hydrogens is 467 g/mol. The van der Waals surface area contributed by atoms with Crippen molar-refractivity contribution in [2.24, 2.45) is 11.7 Å². The maximum Gasteiger partial charge on any atom is 0.338 e. The van der Waals surface area contributed by atoms with E-state index < -0.39 is 0 Å². The minimum atomic E-state index is -0.353. The lowest BCUT2D eigenvalue weighted by Gasteiger charge is -2.20. The zero-order valence-electron chi connectivity index (χ0n) is 20.4. The van der Waals surface area contributed by atoms with Crippen molar-refractivity contribution < 1.29 is 9.53 Å². The SMILES string of the molecule is COC(=O)c1ccccc1/C=C/c1c(C)nc(CC(C)C)c(CN)c1-c1ccc(C)cc1.Cl.Cl. The third-order valence-corrected chi connectivity index (χ3v) is 5.55. The molecule has 0 saturated carbocycles. The van der Waals surface area contributed by atoms with Crippen molar-refractivity contribution in [2.45, 2.75) is 40.7 Å². The van der Waals surface area contributed by atoms with E-state index in [9.17, 15) is 4.79 Å². The minimum Gasteiger partial charge on any atom is -0.465 e. The van der Waals surface area contributed by atoms with E-state index >= 15 is 0 Å². The number of hydrogen-bond donors (Lipinski definition) is 1. The van der Waals surface area contributed by atoms with Gasteiger partial charge in [0.25, 0.3) is 0 Å². The van der Waals surface area contributed by atoms with Crippen LogP contribution in [-0.2, 0) is 17.7 Å². The average molecular weight is 501 g/mol. The molecule has 3 aromatic rings. The predicted octanol–water partition coefficient (Wildman–Crippen LogP) is 6.82. The number of rotatable bonds is 7. The molecule has 182 valence electrons. The Balaban J connectivity index is 0.00000289. The van der Waals surface area contributed by atoms with Gasteiger partial charge in [-0.2, -0.15) is 0 Å². The van der Waals surface area contributed by atoms with Gasteiger partial charge >= 0.3 is 5.97 Å². The second-order valence-corrected chi connectivity index (χ2v) is 8.49. The van der Waals surface area contributed by atoms with E-state index in [4.69, 9.17) is 15.5 Å². The van der Waals surface area contributed by atoms with E-state index in [1.807, 2.05) is 37.3 Å². The Hall–Kier alpha value is -2.66. The van der Waals surface area contributed by atoms with Crippen LogP contribution in [0.1, 0.15) is 57.8 Å². The van der Waals surface area contributed by atoms with Crippen LogP contribution in [0.4, 0.5) is 0 Å². The monoisotopic (exact) mass is 500 g/mol. The van der Waals surface area contributed by atoms with Crippen LogP contribution in [-0.4, -0.2) is 18.1 Å². The third-order valence-electron chi connectivity index (χ3n) is 5.55. The topological polar surface area (TPSA) is 65.2 Å². The van der Waals surface area contributed by atoms with Gasteiger partial charge < -0.3 is 10.5 Å². The number of hydrogen-bond acceptors (Lipinski definition) is 4. The molecule has 0 saturated heterocycles. The zero-order valence-corrected chi connectivity index (χ0v) is 22.1. The number of aromatic nitrogens is 1. The van der Waals surface area contributed by atoms with Gasteiger partial charge in [0.05, 0.1) is 12.7 Å². The molecule has 0 bridgehead atoms. The molecule has 4 nitrogen and oxygen atoms in total. The minimum absolute atomic E-state index is 0. The Labute approximate surface area is 215 Å². The lowest BCUT2D eigenvalue weighted by atomic mass is 9.89. The van der Waals surface area contributed by atoms with Crippen molar-refractivity contribution >= 4 is 42.9 Å². The Morgan fingerprint density at radius 1 is 1.03 bits per heavy atom. The molecule has 2 N–H and O–H groups in total. The van der Waals surface area contributed by atoms with Crippen molar-refractivity contribution in [2.75, 3.05) is 7.11 Å². The Kier molecular flexibility index (Phi) is 11.5. The van der Waals surface area contributed by atoms with Crippen molar-refractivity contribution in [3.63, 3.8) is 0 Å². The number of nitrogens with two attached hydrogens (primary N) is 1. The summed E-state index contributed by atoms with van der Waals surface area (Å²) in [5, 5.41) is 0. The fourth-order valence-corrected chi connectivity index (χ4v) is 3.96. The molecule has 1 heterocycles. The highest BCUT2D eigenvalue weighted by Crippen LogP contribution is 2.34. The summed E-state index contributed by atoms with van der Waals surface area (Å²) in [7, 11) is 1.40. The molecule has 0 aliphatic heterocycles. The van der Waals surface area contributed by atoms with Crippen LogP contribution in [0.5, 0.6) is 0 Å². The van der Waals surface area contributed by atoms with Crippen LogP contribution >= 0.6 is 24.8 Å². The molecule has 0 aliphatic carbocycles. The van der Waals surface area contributed by atoms with Gasteiger partial charge in [-0.25, -0.2) is 4.79 Å². The molecule has 0 unspecified atom stereocenters. The van der Waals surface area contributed by atoms with Gasteiger partial charge in [0, 0.05) is 23.5 Å². The van der Waals surface area contributed by atoms with Gasteiger partial charge in [-0.15, -0.1) is 24.8 Å². The Bertz CT molecular complexity index is 1140. The summed E-state index contributed by atoms with van der Waals surface area (Å²) in [4.78, 5) is 17.1. The molecule has 3 rings (SSSR count). The number of carbonyl (C=O) groups is 1. The van der Waals surface area contributed by atoms with Crippen LogP contribution in [0.25, 0.3) is 23.3 Å². The van der Waals surface area contributed by atoms with E-state index in [-0.39, 0.29) is 30.8 Å². The van der Waals surface area contributed by atoms with E-state index in [0.29, 0.717) is 18.0 Å². The number of benzene rings is 2. The van der Waals surface area contributed by atoms with Gasteiger partial charge in [0.1, 0.15) is 0 Å². The highest BCUT2D eigenvalue weighted by atomic mass is 35.5. The Morgan fingerprint density at radius 3 is 2.26 bits per heavy atom. The third kappa shape index (κ3) is 6.69. The Morgan fingerprint density at radius 2 is 1.68 bits per heavy atom. The molecule has 0 radical (unpaired) electrons. The molecule has 0 aliphatic rings. The highest BCUT2D eigenvalue weighted by molar-refractivity contribution is 5.95. The van der Waals surface area contributed by atoms with Crippen LogP contribution in [0.15, 0.2) is 48.5 Å². The van der Waals surface area contributed by atoms with Gasteiger partial charge in [-0.1, -0.05) is 74.0 Å². The van der Waals surface area contributed by atoms with Gasteiger partial charge in [-0.3, -0.25) is 4.98 Å². The molecule has 0 fully saturated rings. The van der Waals surface area contributed by atoms with E-state index in [1.165, 1.54) is 12.7 Å². The van der Waals surface area contributed by atoms with Crippen molar-refractivity contribution in [3.05, 3.63) is 87.7 Å². The summed E-state index contributed by atoms with van der Waals surface area (Å²) >= 11 is 0. The lowest BCUT2D eigenvalue weighted by molar-refractivity contribution is 0.0600. The number of halogens is 2. The largest absolute Gasteiger partial charge is 0.465 e. The first-order chi connectivity index (χ1) is 15.3. The summed E-state index contributed by atoms with van der Waals surface area (Å²) in [6.07, 6.45) is 4.87. The molecule has 0 amide bonds. The molecule has 34 heavy (non-hydrogen) atoms. The summed E-state index contributed by atoms with van der Waals surface area (Å²) in [6, 6.07) is 15.9. The standard InChI is InChI=1S/C28H32N2O2.2ClH/c1-18(2)16-26-25(17-29)27(22-12-10-19(3)11-13-22)23(20(4)30-26)15-14-21-8-6-7-9-24(21)28(31)32-5;;/h6-15,18H,16-17,29H2,1-5H3;2*1H/b15-14+;;. The van der Waals surface area contributed by atoms with Gasteiger partial charge in [0.15, 0.2) is 0 Å². The number of ether oxygens (including phenoxy) is 1. The lowest BCUT2D eigenvalue weighted by Crippen LogP contribution is -2.12. The van der Waals surface area contributed by atoms with E-state index in [1.54, 1.807) is 6.07 Å². The second-order valence-electron chi connectivity index (χ2n) is 8.49. The maximum atomic E-state index is 12.2. The summed E-state index contributed by atoms with van der Waals surface area (Å²) in [5.74, 6) is 0.125. The highest BCUT2D eigenvalue weighted by Gasteiger charge is 2.18. The number of aryl methyl sites for hydroxylation is 2. The van der Waals surface area contributed by atoms with Crippen molar-refractivity contribution in [1.82, 2.24) is 4.98 Å². The summed E-state index contributed by atoms with van der Waals surface area (Å²) in [5.41, 5.74) is 15.1. The van der Waals surface area contributed by atoms with Gasteiger partial charge in [-0.05, 0) is 54.5 Å². The van der Waals surface area contributed by atoms with Crippen LogP contribution in [0, 0.1) is 19.8 Å². The molecule has 1 aromatic heterocycles. The quantitative estimate of drug-likeness (QED) is 0.361. The number of esters is 1. The van der Waals surface area contributed by atoms with Gasteiger partial charge in [0.2, 0.25) is 0 Å². The van der Waals surface area contributed by atoms with Crippen LogP contribution in [0.3, 0.4) is 0 Å². The van der Waals surface area contributed by atoms with Crippen molar-refractivity contribution in [1.29, 1.82) is 0 Å². The summed E-state index contributed by atoms with van der Waals surface area (Å²) in [6.45, 7) is 8.92. The predicted molar refractivity (Wildman–Crippen MR) is 147 cm³/mol. The first kappa shape index (κ1) is 29.4. The van der Waals surface area contributed by atoms with Crippen molar-refractivity contribution in [3.8, 4) is 11.1 Å². The maximum absolute atomic E-state index is 12.2. The second kappa shape index (κ2) is 13.3. The fourth-order valence-electron chi connectivity index (χ4n) is 3.96. The normalized spacial score (nSPS) is 10.7. The molecule has 0 atom stereocenters. The fraction of sp³-hybridized carbons (Fsp3) is 0.286. The van der Waals surface area contributed by atoms with Crippen LogP contribution in [0.2, 0.25) is 0 Å². The molecule has 2 aromatic carbocycles. The van der Waals surface area contributed by atoms with Crippen LogP contribution < -0.4 is 5.73 Å².